The summed E-state index contributed by atoms with van der Waals surface area (Å²) in [4.78, 5) is 0. The van der Waals surface area contributed by atoms with E-state index in [1.54, 1.807) is 0 Å². The lowest BCUT2D eigenvalue weighted by atomic mass is 9.97. The quantitative estimate of drug-likeness (QED) is 0.545. The monoisotopic (exact) mass is 207 g/mol. The fraction of sp³-hybridized carbons (Fsp3) is 0.667. The molecule has 84 valence electrons. The van der Waals surface area contributed by atoms with Crippen molar-refractivity contribution in [3.63, 3.8) is 0 Å². The predicted octanol–water partition coefficient (Wildman–Crippen LogP) is 0.619. The van der Waals surface area contributed by atoms with Gasteiger partial charge in [0, 0.05) is 44.3 Å². The Bertz CT molecular complexity index is 230. The van der Waals surface area contributed by atoms with E-state index >= 15 is 0 Å². The lowest BCUT2D eigenvalue weighted by Crippen LogP contribution is -2.39. The second kappa shape index (κ2) is 5.93. The average molecular weight is 207 g/mol. The molecule has 0 bridgehead atoms. The van der Waals surface area contributed by atoms with Gasteiger partial charge in [-0.1, -0.05) is 12.2 Å². The van der Waals surface area contributed by atoms with E-state index in [4.69, 9.17) is 0 Å². The summed E-state index contributed by atoms with van der Waals surface area (Å²) in [7, 11) is 0. The first kappa shape index (κ1) is 10.7. The first-order chi connectivity index (χ1) is 7.47. The highest BCUT2D eigenvalue weighted by atomic mass is 15.0. The first-order valence-electron chi connectivity index (χ1n) is 5.99. The number of piperazine rings is 1. The standard InChI is InChI=1S/C8H11N.C4H10N2/c1-2-4-8-7(3-1)5-6-9-8;1-2-6-4-3-5-1/h1-2,4,7,9H,3,5-6H2;5-6H,1-4H2. The zero-order chi connectivity index (χ0) is 10.3. The lowest BCUT2D eigenvalue weighted by molar-refractivity contribution is 0.534. The van der Waals surface area contributed by atoms with Crippen LogP contribution in [0.25, 0.3) is 0 Å². The number of allylic oxidation sites excluding steroid dienone is 4. The molecule has 1 atom stereocenters. The minimum absolute atomic E-state index is 0.829. The molecule has 3 aliphatic rings. The minimum atomic E-state index is 0.829. The molecule has 0 spiro atoms. The Hall–Kier alpha value is -0.800. The van der Waals surface area contributed by atoms with Crippen LogP contribution in [0.15, 0.2) is 23.9 Å². The second-order valence-corrected chi connectivity index (χ2v) is 4.20. The van der Waals surface area contributed by atoms with E-state index in [0.717, 1.165) is 32.1 Å². The third-order valence-electron chi connectivity index (χ3n) is 3.05. The van der Waals surface area contributed by atoms with Crippen molar-refractivity contribution in [2.75, 3.05) is 32.7 Å². The number of hydrogen-bond donors (Lipinski definition) is 3. The Labute approximate surface area is 92.0 Å². The van der Waals surface area contributed by atoms with Gasteiger partial charge >= 0.3 is 0 Å². The second-order valence-electron chi connectivity index (χ2n) is 4.20. The van der Waals surface area contributed by atoms with Crippen LogP contribution in [0.5, 0.6) is 0 Å². The summed E-state index contributed by atoms with van der Waals surface area (Å²) in [6, 6.07) is 0. The van der Waals surface area contributed by atoms with Crippen LogP contribution in [0.2, 0.25) is 0 Å². The van der Waals surface area contributed by atoms with Crippen LogP contribution in [0.3, 0.4) is 0 Å². The number of rotatable bonds is 0. The SMILES string of the molecule is C1=CCC2CCNC2=C1.C1CNCCN1. The molecule has 0 aromatic rings. The molecule has 1 aliphatic carbocycles. The summed E-state index contributed by atoms with van der Waals surface area (Å²) in [6.45, 7) is 5.73. The van der Waals surface area contributed by atoms with Gasteiger partial charge in [-0.25, -0.2) is 0 Å². The van der Waals surface area contributed by atoms with Crippen LogP contribution in [0, 0.1) is 5.92 Å². The number of hydrogen-bond acceptors (Lipinski definition) is 3. The Kier molecular flexibility index (Phi) is 4.23. The smallest absolute Gasteiger partial charge is 0.0150 e. The largest absolute Gasteiger partial charge is 0.388 e. The molecule has 2 fully saturated rings. The predicted molar refractivity (Wildman–Crippen MR) is 63.7 cm³/mol. The molecule has 15 heavy (non-hydrogen) atoms. The molecule has 2 aliphatic heterocycles. The fourth-order valence-corrected chi connectivity index (χ4v) is 2.15. The van der Waals surface area contributed by atoms with Gasteiger partial charge in [0.1, 0.15) is 0 Å². The highest BCUT2D eigenvalue weighted by Crippen LogP contribution is 2.25. The van der Waals surface area contributed by atoms with Gasteiger partial charge < -0.3 is 16.0 Å². The van der Waals surface area contributed by atoms with Gasteiger partial charge in [-0.3, -0.25) is 0 Å². The zero-order valence-electron chi connectivity index (χ0n) is 9.26. The topological polar surface area (TPSA) is 36.1 Å². The van der Waals surface area contributed by atoms with Gasteiger partial charge in [-0.15, -0.1) is 0 Å². The molecule has 2 saturated heterocycles. The van der Waals surface area contributed by atoms with Crippen molar-refractivity contribution in [2.45, 2.75) is 12.8 Å². The fourth-order valence-electron chi connectivity index (χ4n) is 2.15. The molecule has 3 nitrogen and oxygen atoms in total. The summed E-state index contributed by atoms with van der Waals surface area (Å²) < 4.78 is 0. The molecular formula is C12H21N3. The van der Waals surface area contributed by atoms with E-state index in [1.165, 1.54) is 25.1 Å². The molecule has 0 aromatic heterocycles. The maximum Gasteiger partial charge on any atom is 0.0150 e. The van der Waals surface area contributed by atoms with E-state index in [2.05, 4.69) is 34.2 Å². The van der Waals surface area contributed by atoms with E-state index in [-0.39, 0.29) is 0 Å². The third kappa shape index (κ3) is 3.36. The van der Waals surface area contributed by atoms with Crippen LogP contribution in [-0.2, 0) is 0 Å². The highest BCUT2D eigenvalue weighted by Gasteiger charge is 2.19. The third-order valence-corrected chi connectivity index (χ3v) is 3.05. The van der Waals surface area contributed by atoms with Crippen LogP contribution in [0.1, 0.15) is 12.8 Å². The maximum absolute atomic E-state index is 3.37. The molecule has 0 radical (unpaired) electrons. The van der Waals surface area contributed by atoms with Crippen molar-refractivity contribution in [2.24, 2.45) is 5.92 Å². The summed E-state index contributed by atoms with van der Waals surface area (Å²) >= 11 is 0. The van der Waals surface area contributed by atoms with Crippen molar-refractivity contribution >= 4 is 0 Å². The Morgan fingerprint density at radius 1 is 1.00 bits per heavy atom. The van der Waals surface area contributed by atoms with E-state index in [1.807, 2.05) is 0 Å². The summed E-state index contributed by atoms with van der Waals surface area (Å²) in [6.07, 6.45) is 9.17. The number of fused-ring (bicyclic) bond motifs is 1. The Morgan fingerprint density at radius 3 is 2.33 bits per heavy atom. The van der Waals surface area contributed by atoms with Gasteiger partial charge in [0.05, 0.1) is 0 Å². The molecule has 2 heterocycles. The Morgan fingerprint density at radius 2 is 1.73 bits per heavy atom. The van der Waals surface area contributed by atoms with Crippen molar-refractivity contribution in [1.82, 2.24) is 16.0 Å². The minimum Gasteiger partial charge on any atom is -0.388 e. The summed E-state index contributed by atoms with van der Waals surface area (Å²) in [5.41, 5.74) is 1.46. The Balaban J connectivity index is 0.000000124. The van der Waals surface area contributed by atoms with Crippen molar-refractivity contribution in [3.05, 3.63) is 23.9 Å². The molecule has 0 amide bonds. The molecule has 3 heteroatoms. The van der Waals surface area contributed by atoms with E-state index in [9.17, 15) is 0 Å². The van der Waals surface area contributed by atoms with Crippen molar-refractivity contribution < 1.29 is 0 Å². The molecule has 3 N–H and O–H groups in total. The van der Waals surface area contributed by atoms with Gasteiger partial charge in [0.15, 0.2) is 0 Å². The van der Waals surface area contributed by atoms with E-state index in [0.29, 0.717) is 0 Å². The zero-order valence-corrected chi connectivity index (χ0v) is 9.26. The van der Waals surface area contributed by atoms with Crippen LogP contribution < -0.4 is 16.0 Å². The molecule has 3 rings (SSSR count). The van der Waals surface area contributed by atoms with Gasteiger partial charge in [-0.05, 0) is 18.9 Å². The number of nitrogens with one attached hydrogen (secondary N) is 3. The van der Waals surface area contributed by atoms with Gasteiger partial charge in [0.2, 0.25) is 0 Å². The van der Waals surface area contributed by atoms with Crippen molar-refractivity contribution in [3.8, 4) is 0 Å². The normalized spacial score (nSPS) is 28.3. The average Bonchev–Trinajstić information content (AvgIpc) is 2.80. The maximum atomic E-state index is 3.37. The van der Waals surface area contributed by atoms with Crippen LogP contribution in [-0.4, -0.2) is 32.7 Å². The van der Waals surface area contributed by atoms with Gasteiger partial charge in [-0.2, -0.15) is 0 Å². The summed E-state index contributed by atoms with van der Waals surface area (Å²) in [5.74, 6) is 0.829. The van der Waals surface area contributed by atoms with E-state index < -0.39 is 0 Å². The molecule has 1 unspecified atom stereocenters. The molecular weight excluding hydrogens is 186 g/mol. The van der Waals surface area contributed by atoms with Crippen LogP contribution >= 0.6 is 0 Å². The molecule has 0 aromatic carbocycles. The van der Waals surface area contributed by atoms with Crippen molar-refractivity contribution in [1.29, 1.82) is 0 Å². The van der Waals surface area contributed by atoms with Gasteiger partial charge in [0.25, 0.3) is 0 Å². The van der Waals surface area contributed by atoms with Crippen LogP contribution in [0.4, 0.5) is 0 Å². The first-order valence-corrected chi connectivity index (χ1v) is 5.99. The lowest BCUT2D eigenvalue weighted by Gasteiger charge is -2.11. The summed E-state index contributed by atoms with van der Waals surface area (Å²) in [5, 5.41) is 9.81. The highest BCUT2D eigenvalue weighted by molar-refractivity contribution is 5.21. The molecule has 0 saturated carbocycles.